The van der Waals surface area contributed by atoms with Gasteiger partial charge >= 0.3 is 0 Å². The average molecular weight is 730 g/mol. The van der Waals surface area contributed by atoms with E-state index in [2.05, 4.69) is 239 Å². The Labute approximate surface area is 333 Å². The lowest BCUT2D eigenvalue weighted by Crippen LogP contribution is -2.28. The zero-order valence-electron chi connectivity index (χ0n) is 31.4. The number of aromatic nitrogens is 1. The smallest absolute Gasteiger partial charge is 0.0629 e. The Hall–Kier alpha value is -7.36. The molecule has 0 radical (unpaired) electrons. The van der Waals surface area contributed by atoms with Crippen LogP contribution >= 0.6 is 0 Å². The summed E-state index contributed by atoms with van der Waals surface area (Å²) in [6.07, 6.45) is 9.03. The van der Waals surface area contributed by atoms with Crippen LogP contribution in [0.15, 0.2) is 224 Å². The van der Waals surface area contributed by atoms with Crippen molar-refractivity contribution in [2.45, 2.75) is 12.0 Å². The second-order valence-electron chi connectivity index (χ2n) is 15.0. The number of nitrogens with zero attached hydrogens (tertiary/aromatic N) is 3. The normalized spacial score (nSPS) is 15.5. The molecule has 1 aromatic heterocycles. The van der Waals surface area contributed by atoms with Gasteiger partial charge in [-0.25, -0.2) is 0 Å². The molecule has 0 amide bonds. The quantitative estimate of drug-likeness (QED) is 0.162. The Morgan fingerprint density at radius 3 is 1.82 bits per heavy atom. The Bertz CT molecular complexity index is 2960. The van der Waals surface area contributed by atoms with Crippen LogP contribution in [0.2, 0.25) is 0 Å². The Morgan fingerprint density at radius 1 is 0.386 bits per heavy atom. The van der Waals surface area contributed by atoms with E-state index in [1.165, 1.54) is 66.7 Å². The summed E-state index contributed by atoms with van der Waals surface area (Å²) in [5.74, 6) is 0.352. The number of hydrogen-bond donors (Lipinski definition) is 0. The predicted molar refractivity (Wildman–Crippen MR) is 240 cm³/mol. The van der Waals surface area contributed by atoms with Crippen LogP contribution < -0.4 is 9.80 Å². The van der Waals surface area contributed by atoms with Gasteiger partial charge in [-0.2, -0.15) is 0 Å². The zero-order valence-corrected chi connectivity index (χ0v) is 31.4. The van der Waals surface area contributed by atoms with Gasteiger partial charge in [-0.3, -0.25) is 0 Å². The molecule has 0 spiro atoms. The summed E-state index contributed by atoms with van der Waals surface area (Å²) in [6, 6.07) is 73.0. The van der Waals surface area contributed by atoms with E-state index in [1.807, 2.05) is 0 Å². The van der Waals surface area contributed by atoms with Crippen molar-refractivity contribution in [1.29, 1.82) is 0 Å². The summed E-state index contributed by atoms with van der Waals surface area (Å²) < 4.78 is 2.37. The molecule has 3 nitrogen and oxygen atoms in total. The lowest BCUT2D eigenvalue weighted by Gasteiger charge is -2.30. The van der Waals surface area contributed by atoms with E-state index >= 15 is 0 Å². The molecule has 2 aliphatic rings. The second kappa shape index (κ2) is 13.7. The van der Waals surface area contributed by atoms with E-state index in [-0.39, 0.29) is 6.04 Å². The monoisotopic (exact) mass is 729 g/mol. The lowest BCUT2D eigenvalue weighted by molar-refractivity contribution is 0.745. The van der Waals surface area contributed by atoms with Crippen LogP contribution in [0.1, 0.15) is 11.5 Å². The third-order valence-electron chi connectivity index (χ3n) is 11.7. The van der Waals surface area contributed by atoms with Crippen molar-refractivity contribution in [3.05, 3.63) is 230 Å². The first-order valence-electron chi connectivity index (χ1n) is 19.8. The van der Waals surface area contributed by atoms with E-state index in [9.17, 15) is 0 Å². The fourth-order valence-electron chi connectivity index (χ4n) is 9.07. The number of anilines is 5. The van der Waals surface area contributed by atoms with Gasteiger partial charge in [0, 0.05) is 50.8 Å². The van der Waals surface area contributed by atoms with Crippen molar-refractivity contribution < 1.29 is 0 Å². The first-order chi connectivity index (χ1) is 28.3. The topological polar surface area (TPSA) is 11.4 Å². The highest BCUT2D eigenvalue weighted by atomic mass is 15.2. The molecule has 11 rings (SSSR count). The molecule has 0 bridgehead atoms. The number of benzene rings is 8. The highest BCUT2D eigenvalue weighted by Crippen LogP contribution is 2.48. The van der Waals surface area contributed by atoms with Gasteiger partial charge in [-0.05, 0) is 113 Å². The molecule has 57 heavy (non-hydrogen) atoms. The molecule has 3 heteroatoms. The fraction of sp³-hybridized carbons (Fsp3) is 0.0370. The van der Waals surface area contributed by atoms with Crippen molar-refractivity contribution in [2.24, 2.45) is 0 Å². The minimum atomic E-state index is 0.263. The van der Waals surface area contributed by atoms with Gasteiger partial charge in [-0.1, -0.05) is 140 Å². The first-order valence-corrected chi connectivity index (χ1v) is 19.8. The van der Waals surface area contributed by atoms with Gasteiger partial charge in [0.25, 0.3) is 0 Å². The molecule has 0 saturated carbocycles. The summed E-state index contributed by atoms with van der Waals surface area (Å²) in [7, 11) is 0. The minimum Gasteiger partial charge on any atom is -0.333 e. The van der Waals surface area contributed by atoms with Crippen LogP contribution in [0.3, 0.4) is 0 Å². The highest BCUT2D eigenvalue weighted by Gasteiger charge is 2.37. The van der Waals surface area contributed by atoms with E-state index in [0.29, 0.717) is 5.92 Å². The molecule has 0 saturated heterocycles. The molecule has 270 valence electrons. The summed E-state index contributed by atoms with van der Waals surface area (Å²) in [5, 5.41) is 2.51. The molecule has 1 aliphatic heterocycles. The molecule has 0 fully saturated rings. The molecule has 2 heterocycles. The van der Waals surface area contributed by atoms with Gasteiger partial charge in [-0.15, -0.1) is 0 Å². The second-order valence-corrected chi connectivity index (χ2v) is 15.0. The maximum absolute atomic E-state index is 2.49. The van der Waals surface area contributed by atoms with Gasteiger partial charge in [0.15, 0.2) is 0 Å². The van der Waals surface area contributed by atoms with Crippen molar-refractivity contribution in [3.8, 4) is 27.9 Å². The molecule has 2 unspecified atom stereocenters. The van der Waals surface area contributed by atoms with E-state index in [0.717, 1.165) is 17.1 Å². The average Bonchev–Trinajstić information content (AvgIpc) is 3.80. The molecule has 2 atom stereocenters. The van der Waals surface area contributed by atoms with Gasteiger partial charge in [0.2, 0.25) is 0 Å². The zero-order chi connectivity index (χ0) is 37.7. The number of rotatable bonds is 7. The maximum atomic E-state index is 2.49. The van der Waals surface area contributed by atoms with Crippen LogP contribution in [-0.2, 0) is 0 Å². The van der Waals surface area contributed by atoms with E-state index in [1.54, 1.807) is 0 Å². The predicted octanol–water partition coefficient (Wildman–Crippen LogP) is 14.3. The van der Waals surface area contributed by atoms with Crippen LogP contribution in [0.4, 0.5) is 28.4 Å². The highest BCUT2D eigenvalue weighted by molar-refractivity contribution is 6.10. The summed E-state index contributed by atoms with van der Waals surface area (Å²) in [6.45, 7) is 0. The Kier molecular flexibility index (Phi) is 7.96. The van der Waals surface area contributed by atoms with Gasteiger partial charge in [0.1, 0.15) is 0 Å². The molecular formula is C54H39N3. The Morgan fingerprint density at radius 2 is 1.00 bits per heavy atom. The summed E-state index contributed by atoms with van der Waals surface area (Å²) >= 11 is 0. The van der Waals surface area contributed by atoms with E-state index in [4.69, 9.17) is 0 Å². The van der Waals surface area contributed by atoms with Crippen LogP contribution in [0.25, 0.3) is 49.7 Å². The largest absolute Gasteiger partial charge is 0.333 e. The Balaban J connectivity index is 0.986. The van der Waals surface area contributed by atoms with Gasteiger partial charge in [0.05, 0.1) is 17.1 Å². The molecule has 9 aromatic rings. The number of hydrogen-bond acceptors (Lipinski definition) is 2. The minimum absolute atomic E-state index is 0.263. The third-order valence-corrected chi connectivity index (χ3v) is 11.7. The first kappa shape index (κ1) is 33.0. The summed E-state index contributed by atoms with van der Waals surface area (Å²) in [4.78, 5) is 4.87. The van der Waals surface area contributed by atoms with Crippen LogP contribution in [0.5, 0.6) is 0 Å². The van der Waals surface area contributed by atoms with Gasteiger partial charge < -0.3 is 14.4 Å². The number of para-hydroxylation sites is 3. The standard InChI is InChI=1S/C54H39N3/c1-3-14-38(15-4-1)40-16-13-19-46(36-40)55(44-31-33-45(34-32-44)57-51-23-10-7-20-47(51)48-21-8-11-24-52(48)57)43-29-26-39(27-30-43)41-28-35-54-50(37-41)49-22-9-12-25-53(49)56(54)42-17-5-2-6-18-42/h1-37,47,51H. The molecule has 8 aromatic carbocycles. The SMILES string of the molecule is C1=CC2c3ccccc3N(c3ccc(N(c4ccc(-c5ccc6c(c5)c5ccccc5n6-c5ccccc5)cc4)c4cccc(-c5ccccc5)c4)cc3)C2C=C1. The van der Waals surface area contributed by atoms with Crippen LogP contribution in [0, 0.1) is 0 Å². The maximum Gasteiger partial charge on any atom is 0.0629 e. The van der Waals surface area contributed by atoms with Crippen molar-refractivity contribution in [2.75, 3.05) is 9.80 Å². The fourth-order valence-corrected chi connectivity index (χ4v) is 9.07. The van der Waals surface area contributed by atoms with Crippen molar-refractivity contribution >= 4 is 50.2 Å². The van der Waals surface area contributed by atoms with Crippen molar-refractivity contribution in [3.63, 3.8) is 0 Å². The van der Waals surface area contributed by atoms with Crippen LogP contribution in [-0.4, -0.2) is 10.6 Å². The third kappa shape index (κ3) is 5.67. The van der Waals surface area contributed by atoms with Crippen molar-refractivity contribution in [1.82, 2.24) is 4.57 Å². The molecular weight excluding hydrogens is 691 g/mol. The van der Waals surface area contributed by atoms with E-state index < -0.39 is 0 Å². The molecule has 0 N–H and O–H groups in total. The number of allylic oxidation sites excluding steroid dienone is 2. The lowest BCUT2D eigenvalue weighted by atomic mass is 9.91. The summed E-state index contributed by atoms with van der Waals surface area (Å²) in [5.41, 5.74) is 15.5. The molecule has 1 aliphatic carbocycles. The number of fused-ring (bicyclic) bond motifs is 6.